The topological polar surface area (TPSA) is 26.3 Å². The molecule has 0 saturated carbocycles. The number of Topliss-reactive ketones (excluding diaryl/α,β-unsaturated/α-hetero) is 1. The molecule has 2 nitrogen and oxygen atoms in total. The van der Waals surface area contributed by atoms with Gasteiger partial charge in [0.15, 0.2) is 5.76 Å². The van der Waals surface area contributed by atoms with Crippen LogP contribution in [-0.2, 0) is 9.53 Å². The average Bonchev–Trinajstić information content (AvgIpc) is 2.75. The van der Waals surface area contributed by atoms with Crippen LogP contribution >= 0.6 is 0 Å². The fourth-order valence-corrected chi connectivity index (χ4v) is 3.33. The predicted octanol–water partition coefficient (Wildman–Crippen LogP) is 5.58. The zero-order valence-corrected chi connectivity index (χ0v) is 15.5. The zero-order chi connectivity index (χ0) is 18.1. The van der Waals surface area contributed by atoms with Crippen LogP contribution in [0.5, 0.6) is 0 Å². The first-order valence-corrected chi connectivity index (χ1v) is 8.65. The molecule has 0 bridgehead atoms. The predicted molar refractivity (Wildman–Crippen MR) is 104 cm³/mol. The number of hydrogen-bond acceptors (Lipinski definition) is 2. The second kappa shape index (κ2) is 6.72. The van der Waals surface area contributed by atoms with Crippen molar-refractivity contribution in [3.8, 4) is 11.1 Å². The summed E-state index contributed by atoms with van der Waals surface area (Å²) in [5.41, 5.74) is 7.99. The molecule has 3 rings (SSSR count). The number of fused-ring (bicyclic) bond motifs is 1. The Morgan fingerprint density at radius 1 is 1.08 bits per heavy atom. The number of aryl methyl sites for hydroxylation is 2. The summed E-state index contributed by atoms with van der Waals surface area (Å²) in [6, 6.07) is 8.83. The van der Waals surface area contributed by atoms with Crippen LogP contribution in [0.15, 0.2) is 53.8 Å². The molecule has 0 amide bonds. The van der Waals surface area contributed by atoms with Crippen molar-refractivity contribution >= 4 is 11.9 Å². The Morgan fingerprint density at radius 2 is 1.84 bits per heavy atom. The Kier molecular flexibility index (Phi) is 4.63. The summed E-state index contributed by atoms with van der Waals surface area (Å²) in [4.78, 5) is 12.5. The highest BCUT2D eigenvalue weighted by Crippen LogP contribution is 2.37. The SMILES string of the molecule is COC1=CC=CC(=Cc2cc(C)c3cc(C(C)C)ccc(C)c2-3)C1=O. The minimum absolute atomic E-state index is 0.0715. The molecule has 0 atom stereocenters. The van der Waals surface area contributed by atoms with Crippen LogP contribution in [0, 0.1) is 13.8 Å². The van der Waals surface area contributed by atoms with E-state index in [0.29, 0.717) is 17.3 Å². The minimum Gasteiger partial charge on any atom is -0.493 e. The molecular formula is C23H24O2. The van der Waals surface area contributed by atoms with E-state index in [4.69, 9.17) is 4.74 Å². The maximum Gasteiger partial charge on any atom is 0.227 e. The molecule has 0 aliphatic heterocycles. The van der Waals surface area contributed by atoms with Gasteiger partial charge in [0.25, 0.3) is 0 Å². The first-order valence-electron chi connectivity index (χ1n) is 8.65. The number of allylic oxidation sites excluding steroid dienone is 4. The third-order valence-electron chi connectivity index (χ3n) is 4.79. The van der Waals surface area contributed by atoms with Crippen molar-refractivity contribution < 1.29 is 9.53 Å². The maximum absolute atomic E-state index is 12.5. The fraction of sp³-hybridized carbons (Fsp3) is 0.261. The number of ether oxygens (including phenoxy) is 1. The van der Waals surface area contributed by atoms with Crippen molar-refractivity contribution in [2.24, 2.45) is 0 Å². The van der Waals surface area contributed by atoms with E-state index in [1.54, 1.807) is 6.08 Å². The van der Waals surface area contributed by atoms with Gasteiger partial charge >= 0.3 is 0 Å². The van der Waals surface area contributed by atoms with Gasteiger partial charge in [0.2, 0.25) is 5.78 Å². The third-order valence-corrected chi connectivity index (χ3v) is 4.79. The number of carbonyl (C=O) groups excluding carboxylic acids is 1. The van der Waals surface area contributed by atoms with Gasteiger partial charge in [-0.15, -0.1) is 0 Å². The molecule has 0 aromatic heterocycles. The van der Waals surface area contributed by atoms with Crippen molar-refractivity contribution in [1.82, 2.24) is 0 Å². The summed E-state index contributed by atoms with van der Waals surface area (Å²) < 4.78 is 5.16. The summed E-state index contributed by atoms with van der Waals surface area (Å²) in [5, 5.41) is 0. The quantitative estimate of drug-likeness (QED) is 0.685. The lowest BCUT2D eigenvalue weighted by Crippen LogP contribution is -2.09. The Morgan fingerprint density at radius 3 is 2.52 bits per heavy atom. The fourth-order valence-electron chi connectivity index (χ4n) is 3.33. The maximum atomic E-state index is 12.5. The lowest BCUT2D eigenvalue weighted by molar-refractivity contribution is -0.114. The van der Waals surface area contributed by atoms with E-state index < -0.39 is 0 Å². The molecule has 3 aliphatic rings. The van der Waals surface area contributed by atoms with E-state index in [9.17, 15) is 4.79 Å². The molecule has 128 valence electrons. The molecule has 0 aromatic rings. The molecule has 25 heavy (non-hydrogen) atoms. The molecule has 3 aliphatic carbocycles. The summed E-state index contributed by atoms with van der Waals surface area (Å²) in [5.74, 6) is 0.784. The van der Waals surface area contributed by atoms with Crippen LogP contribution < -0.4 is 0 Å². The highest BCUT2D eigenvalue weighted by molar-refractivity contribution is 6.13. The van der Waals surface area contributed by atoms with Gasteiger partial charge in [-0.05, 0) is 65.3 Å². The van der Waals surface area contributed by atoms with Crippen LogP contribution in [0.3, 0.4) is 0 Å². The second-order valence-electron chi connectivity index (χ2n) is 6.91. The summed E-state index contributed by atoms with van der Waals surface area (Å²) in [6.07, 6.45) is 7.38. The largest absolute Gasteiger partial charge is 0.493 e. The molecule has 0 radical (unpaired) electrons. The van der Waals surface area contributed by atoms with Gasteiger partial charge in [0, 0.05) is 5.57 Å². The van der Waals surface area contributed by atoms with E-state index in [-0.39, 0.29) is 5.78 Å². The van der Waals surface area contributed by atoms with Gasteiger partial charge in [-0.25, -0.2) is 0 Å². The number of ketones is 1. The van der Waals surface area contributed by atoms with Crippen molar-refractivity contribution in [2.45, 2.75) is 33.6 Å². The van der Waals surface area contributed by atoms with Crippen LogP contribution in [0.2, 0.25) is 0 Å². The molecular weight excluding hydrogens is 308 g/mol. The molecule has 0 unspecified atom stereocenters. The van der Waals surface area contributed by atoms with Gasteiger partial charge in [-0.2, -0.15) is 0 Å². The van der Waals surface area contributed by atoms with Crippen molar-refractivity contribution in [2.75, 3.05) is 7.11 Å². The molecule has 0 spiro atoms. The van der Waals surface area contributed by atoms with E-state index in [1.165, 1.54) is 34.9 Å². The monoisotopic (exact) mass is 332 g/mol. The van der Waals surface area contributed by atoms with Crippen LogP contribution in [0.1, 0.15) is 42.0 Å². The van der Waals surface area contributed by atoms with Gasteiger partial charge < -0.3 is 4.74 Å². The second-order valence-corrected chi connectivity index (χ2v) is 6.91. The molecule has 0 heterocycles. The Balaban J connectivity index is 2.15. The third kappa shape index (κ3) is 3.17. The van der Waals surface area contributed by atoms with E-state index >= 15 is 0 Å². The molecule has 2 heteroatoms. The van der Waals surface area contributed by atoms with E-state index in [0.717, 1.165) is 5.56 Å². The number of hydrogen-bond donors (Lipinski definition) is 0. The van der Waals surface area contributed by atoms with Crippen LogP contribution in [-0.4, -0.2) is 12.9 Å². The normalized spacial score (nSPS) is 16.0. The summed E-state index contributed by atoms with van der Waals surface area (Å²) in [7, 11) is 1.53. The van der Waals surface area contributed by atoms with Gasteiger partial charge in [0.05, 0.1) is 7.11 Å². The van der Waals surface area contributed by atoms with Gasteiger partial charge in [0.1, 0.15) is 0 Å². The Hall–Kier alpha value is -2.61. The van der Waals surface area contributed by atoms with E-state index in [2.05, 4.69) is 52.0 Å². The van der Waals surface area contributed by atoms with Crippen LogP contribution in [0.4, 0.5) is 0 Å². The standard InChI is InChI=1S/C23H24O2/c1-14(2)17-10-9-15(3)22-19(11-16(4)20(22)13-17)12-18-7-6-8-21(25-5)23(18)24/h6-14H,1-5H3. The van der Waals surface area contributed by atoms with Crippen LogP contribution in [0.25, 0.3) is 17.2 Å². The lowest BCUT2D eigenvalue weighted by atomic mass is 9.98. The van der Waals surface area contributed by atoms with Crippen molar-refractivity contribution in [1.29, 1.82) is 0 Å². The van der Waals surface area contributed by atoms with E-state index in [1.807, 2.05) is 18.2 Å². The smallest absolute Gasteiger partial charge is 0.227 e. The van der Waals surface area contributed by atoms with Crippen molar-refractivity contribution in [3.63, 3.8) is 0 Å². The number of methoxy groups -OCH3 is 1. The zero-order valence-electron chi connectivity index (χ0n) is 15.5. The molecule has 0 saturated heterocycles. The Bertz CT molecular complexity index is 895. The summed E-state index contributed by atoms with van der Waals surface area (Å²) >= 11 is 0. The highest BCUT2D eigenvalue weighted by atomic mass is 16.5. The number of carbonyl (C=O) groups is 1. The first kappa shape index (κ1) is 17.2. The average molecular weight is 332 g/mol. The molecule has 0 N–H and O–H groups in total. The molecule has 0 aromatic carbocycles. The van der Waals surface area contributed by atoms with Crippen molar-refractivity contribution in [3.05, 3.63) is 76.1 Å². The minimum atomic E-state index is -0.0715. The molecule has 0 fully saturated rings. The highest BCUT2D eigenvalue weighted by Gasteiger charge is 2.19. The van der Waals surface area contributed by atoms with Gasteiger partial charge in [-0.3, -0.25) is 4.79 Å². The summed E-state index contributed by atoms with van der Waals surface area (Å²) in [6.45, 7) is 8.68. The Labute approximate surface area is 149 Å². The lowest BCUT2D eigenvalue weighted by Gasteiger charge is -2.09. The first-order chi connectivity index (χ1) is 11.9. The number of rotatable bonds is 3. The van der Waals surface area contributed by atoms with Gasteiger partial charge in [-0.1, -0.05) is 50.3 Å².